The third kappa shape index (κ3) is 11.0. The summed E-state index contributed by atoms with van der Waals surface area (Å²) in [5, 5.41) is 144. The maximum atomic E-state index is 13.9. The van der Waals surface area contributed by atoms with Gasteiger partial charge in [-0.1, -0.05) is 12.1 Å². The van der Waals surface area contributed by atoms with Crippen LogP contribution in [0.15, 0.2) is 18.2 Å². The molecule has 0 aromatic heterocycles. The molecule has 6 aliphatic rings. The Labute approximate surface area is 398 Å². The molecule has 2 aromatic carbocycles. The van der Waals surface area contributed by atoms with Gasteiger partial charge in [0.2, 0.25) is 12.1 Å². The van der Waals surface area contributed by atoms with E-state index in [2.05, 4.69) is 4.74 Å². The van der Waals surface area contributed by atoms with E-state index in [1.165, 1.54) is 32.2 Å². The van der Waals surface area contributed by atoms with Gasteiger partial charge in [0.25, 0.3) is 0 Å². The van der Waals surface area contributed by atoms with E-state index in [0.717, 1.165) is 0 Å². The highest BCUT2D eigenvalue weighted by Gasteiger charge is 2.49. The average Bonchev–Trinajstić information content (AvgIpc) is 3.35. The molecule has 4 fully saturated rings. The van der Waals surface area contributed by atoms with Crippen molar-refractivity contribution in [1.29, 1.82) is 0 Å². The molecule has 0 saturated carbocycles. The second kappa shape index (κ2) is 23.3. The number of aliphatic hydroxyl groups is 14. The van der Waals surface area contributed by atoms with Crippen LogP contribution in [0.4, 0.5) is 0 Å². The van der Waals surface area contributed by atoms with Gasteiger partial charge in [0.1, 0.15) is 96.3 Å². The molecule has 392 valence electrons. The number of fused-ring (bicyclic) bond motifs is 3. The minimum atomic E-state index is -1.79. The van der Waals surface area contributed by atoms with Gasteiger partial charge in [0, 0.05) is 35.1 Å². The first-order valence-electron chi connectivity index (χ1n) is 22.3. The van der Waals surface area contributed by atoms with E-state index >= 15 is 0 Å². The zero-order valence-electron chi connectivity index (χ0n) is 37.7. The topological polar surface area (TPSA) is 445 Å². The van der Waals surface area contributed by atoms with Crippen LogP contribution in [0.1, 0.15) is 62.7 Å². The van der Waals surface area contributed by atoms with E-state index in [9.17, 15) is 60.3 Å². The number of nitrogens with two attached hydrogens (primary N) is 1. The number of hydrogen-bond donors (Lipinski definition) is 16. The Morgan fingerprint density at radius 3 is 1.81 bits per heavy atom. The molecular weight excluding hydrogens is 942 g/mol. The number of carbonyl (C=O) groups is 3. The van der Waals surface area contributed by atoms with Gasteiger partial charge in [-0.3, -0.25) is 14.4 Å². The first-order valence-corrected chi connectivity index (χ1v) is 22.3. The number of ketones is 3. The van der Waals surface area contributed by atoms with Crippen molar-refractivity contribution in [3.8, 4) is 17.2 Å². The van der Waals surface area contributed by atoms with Gasteiger partial charge in [0.15, 0.2) is 24.7 Å². The summed E-state index contributed by atoms with van der Waals surface area (Å²) in [7, 11) is 1.35. The summed E-state index contributed by atoms with van der Waals surface area (Å²) in [5.41, 5.74) is 5.85. The Morgan fingerprint density at radius 1 is 0.700 bits per heavy atom. The third-order valence-corrected chi connectivity index (χ3v) is 13.1. The molecule has 0 amide bonds. The summed E-state index contributed by atoms with van der Waals surface area (Å²) in [4.78, 5) is 39.8. The molecule has 0 spiro atoms. The molecule has 4 heterocycles. The molecular formula is C44H61NO25. The number of phenols is 1. The fourth-order valence-electron chi connectivity index (χ4n) is 8.90. The van der Waals surface area contributed by atoms with Crippen LogP contribution < -0.4 is 15.2 Å². The zero-order valence-corrected chi connectivity index (χ0v) is 37.7. The van der Waals surface area contributed by atoms with Gasteiger partial charge < -0.3 is 115 Å². The molecule has 17 N–H and O–H groups in total. The summed E-state index contributed by atoms with van der Waals surface area (Å²) in [5.74, 6) is -2.29. The van der Waals surface area contributed by atoms with E-state index in [1.807, 2.05) is 0 Å². The molecule has 8 rings (SSSR count). The molecule has 4 saturated heterocycles. The lowest BCUT2D eigenvalue weighted by Crippen LogP contribution is -2.61. The molecule has 4 aliphatic heterocycles. The van der Waals surface area contributed by atoms with Crippen molar-refractivity contribution in [2.24, 2.45) is 11.7 Å². The summed E-state index contributed by atoms with van der Waals surface area (Å²) in [6.45, 7) is -0.313. The third-order valence-electron chi connectivity index (χ3n) is 13.1. The van der Waals surface area contributed by atoms with E-state index in [1.54, 1.807) is 0 Å². The lowest BCUT2D eigenvalue weighted by molar-refractivity contribution is -0.322. The number of phenolic OH excluding ortho intramolecular Hbond substituents is 1. The summed E-state index contributed by atoms with van der Waals surface area (Å²) >= 11 is 0. The lowest BCUT2D eigenvalue weighted by atomic mass is 9.75. The summed E-state index contributed by atoms with van der Waals surface area (Å²) < 4.78 is 37.0. The first-order chi connectivity index (χ1) is 33.1. The van der Waals surface area contributed by atoms with Crippen molar-refractivity contribution >= 4 is 17.3 Å². The highest BCUT2D eigenvalue weighted by atomic mass is 16.7. The van der Waals surface area contributed by atoms with Gasteiger partial charge in [-0.05, 0) is 32.3 Å². The standard InChI is InChI=1S/C27H28O11.C11H21NO8.C6H12O6/c1-10(29)11-6-7-12-14(8-11)26(38-27-25(35)24(34)22(32)16(9-28)37-27)19-18(20(12)30)23(33)17-13(21(19)31)4-3-5-15(17)36-2;12-4-1-7(14)18-3-6(4)20-11-10(17)9(16)8(15)5(2-13)19-11;7-1-2-3(8)4(9)5(10)6(11)12-2/h3-5,11,16,22,24-25,27-28,30,32,34-35H,6-9H2,1-2H3;4-11,13-17H,1-3,12H2;2-11H,1H2. The molecule has 26 heteroatoms. The van der Waals surface area contributed by atoms with Crippen molar-refractivity contribution in [2.45, 2.75) is 143 Å². The summed E-state index contributed by atoms with van der Waals surface area (Å²) in [6.07, 6.45) is -22.6. The van der Waals surface area contributed by atoms with Crippen LogP contribution in [0.3, 0.4) is 0 Å². The van der Waals surface area contributed by atoms with Crippen LogP contribution in [0.25, 0.3) is 0 Å². The number of rotatable bonds is 9. The van der Waals surface area contributed by atoms with Gasteiger partial charge in [-0.15, -0.1) is 0 Å². The van der Waals surface area contributed by atoms with Gasteiger partial charge >= 0.3 is 0 Å². The number of benzene rings is 2. The molecule has 2 aromatic rings. The van der Waals surface area contributed by atoms with Gasteiger partial charge in [-0.2, -0.15) is 0 Å². The monoisotopic (exact) mass is 1000 g/mol. The Hall–Kier alpha value is -3.95. The van der Waals surface area contributed by atoms with Crippen LogP contribution in [-0.4, -0.2) is 238 Å². The van der Waals surface area contributed by atoms with E-state index in [4.69, 9.17) is 64.8 Å². The summed E-state index contributed by atoms with van der Waals surface area (Å²) in [6, 6.07) is 3.97. The second-order valence-electron chi connectivity index (χ2n) is 17.6. The number of Topliss-reactive ketones (excluding diaryl/α,β-unsaturated/α-hetero) is 1. The number of aromatic hydroxyl groups is 1. The Balaban J connectivity index is 0.000000208. The number of methoxy groups -OCH3 is 1. The fraction of sp³-hybridized carbons (Fsp3) is 0.659. The first kappa shape index (κ1) is 55.4. The van der Waals surface area contributed by atoms with Crippen LogP contribution in [-0.2, 0) is 41.3 Å². The normalized spacial score (nSPS) is 38.1. The Morgan fingerprint density at radius 2 is 1.26 bits per heavy atom. The molecule has 26 nitrogen and oxygen atoms in total. The molecule has 19 unspecified atom stereocenters. The predicted molar refractivity (Wildman–Crippen MR) is 228 cm³/mol. The zero-order chi connectivity index (χ0) is 51.6. The molecule has 0 bridgehead atoms. The fourth-order valence-corrected chi connectivity index (χ4v) is 8.90. The minimum absolute atomic E-state index is 0.0113. The predicted octanol–water partition coefficient (Wildman–Crippen LogP) is -6.94. The van der Waals surface area contributed by atoms with Crippen LogP contribution in [0.5, 0.6) is 17.2 Å². The number of ether oxygens (including phenoxy) is 7. The SMILES string of the molecule is COc1cccc2c1C(=O)c1c(O)c3c(c(OC4OC(CO)C(O)C(O)C4O)c1C2=O)CC(C(C)=O)CC3.NC1CC(O)OCC1OC1OC(CO)C(O)C(O)C1O.OCC1OC(O)C(O)C(O)C1O. The molecule has 70 heavy (non-hydrogen) atoms. The van der Waals surface area contributed by atoms with E-state index in [0.29, 0.717) is 17.5 Å². The maximum absolute atomic E-state index is 13.9. The number of carbonyl (C=O) groups excluding carboxylic acids is 3. The van der Waals surface area contributed by atoms with E-state index in [-0.39, 0.29) is 65.4 Å². The van der Waals surface area contributed by atoms with Crippen molar-refractivity contribution in [3.63, 3.8) is 0 Å². The van der Waals surface area contributed by atoms with Crippen molar-refractivity contribution in [1.82, 2.24) is 0 Å². The Kier molecular flexibility index (Phi) is 18.4. The van der Waals surface area contributed by atoms with E-state index < -0.39 is 154 Å². The molecule has 19 atom stereocenters. The quantitative estimate of drug-likeness (QED) is 0.0947. The number of hydrogen-bond acceptors (Lipinski definition) is 26. The second-order valence-corrected chi connectivity index (χ2v) is 17.6. The molecule has 0 radical (unpaired) electrons. The van der Waals surface area contributed by atoms with Crippen molar-refractivity contribution in [3.05, 3.63) is 51.6 Å². The van der Waals surface area contributed by atoms with Gasteiger partial charge in [-0.25, -0.2) is 0 Å². The molecule has 2 aliphatic carbocycles. The highest BCUT2D eigenvalue weighted by molar-refractivity contribution is 6.31. The lowest BCUT2D eigenvalue weighted by Gasteiger charge is -2.42. The minimum Gasteiger partial charge on any atom is -0.507 e. The van der Waals surface area contributed by atoms with Crippen LogP contribution in [0, 0.1) is 5.92 Å². The maximum Gasteiger partial charge on any atom is 0.229 e. The van der Waals surface area contributed by atoms with Crippen LogP contribution >= 0.6 is 0 Å². The largest absolute Gasteiger partial charge is 0.507 e. The smallest absolute Gasteiger partial charge is 0.229 e. The number of aliphatic hydroxyl groups excluding tert-OH is 14. The van der Waals surface area contributed by atoms with Crippen LogP contribution in [0.2, 0.25) is 0 Å². The highest BCUT2D eigenvalue weighted by Crippen LogP contribution is 2.49. The van der Waals surface area contributed by atoms with Gasteiger partial charge in [0.05, 0.1) is 56.3 Å². The average molecular weight is 1000 g/mol. The Bertz CT molecular complexity index is 2150. The van der Waals surface area contributed by atoms with Crippen molar-refractivity contribution in [2.75, 3.05) is 33.5 Å². The van der Waals surface area contributed by atoms with Crippen molar-refractivity contribution < 1.29 is 124 Å².